The average molecular weight is 381 g/mol. The van der Waals surface area contributed by atoms with Crippen molar-refractivity contribution >= 4 is 21.1 Å². The van der Waals surface area contributed by atoms with Crippen molar-refractivity contribution in [2.24, 2.45) is 7.05 Å². The van der Waals surface area contributed by atoms with Crippen molar-refractivity contribution in [3.05, 3.63) is 28.7 Å². The van der Waals surface area contributed by atoms with Gasteiger partial charge in [-0.3, -0.25) is 4.57 Å². The number of hydrogen-bond acceptors (Lipinski definition) is 5. The molecule has 0 amide bonds. The van der Waals surface area contributed by atoms with Gasteiger partial charge < -0.3 is 9.32 Å². The van der Waals surface area contributed by atoms with Gasteiger partial charge in [0.05, 0.1) is 10.4 Å². The third-order valence-electron chi connectivity index (χ3n) is 5.21. The Bertz CT molecular complexity index is 916. The SMILES string of the molecule is CC[C@@H]1CCCCN1CCCNS(=O)(=O)c1ccc2c(c1)oc(=O)n2C. The lowest BCUT2D eigenvalue weighted by Gasteiger charge is -2.35. The van der Waals surface area contributed by atoms with Crippen LogP contribution in [-0.4, -0.2) is 43.6 Å². The van der Waals surface area contributed by atoms with Crippen molar-refractivity contribution < 1.29 is 12.8 Å². The lowest BCUT2D eigenvalue weighted by Crippen LogP contribution is -2.40. The summed E-state index contributed by atoms with van der Waals surface area (Å²) in [6.45, 7) is 4.62. The molecule has 8 heteroatoms. The van der Waals surface area contributed by atoms with Crippen molar-refractivity contribution in [3.8, 4) is 0 Å². The van der Waals surface area contributed by atoms with Crippen LogP contribution in [0.25, 0.3) is 11.1 Å². The lowest BCUT2D eigenvalue weighted by molar-refractivity contribution is 0.143. The Hall–Kier alpha value is -1.64. The number of aromatic nitrogens is 1. The van der Waals surface area contributed by atoms with E-state index in [2.05, 4.69) is 16.5 Å². The molecule has 144 valence electrons. The number of nitrogens with zero attached hydrogens (tertiary/aromatic N) is 2. The zero-order chi connectivity index (χ0) is 18.7. The molecule has 7 nitrogen and oxygen atoms in total. The first kappa shape index (κ1) is 19.1. The van der Waals surface area contributed by atoms with Crippen molar-refractivity contribution in [2.75, 3.05) is 19.6 Å². The van der Waals surface area contributed by atoms with Crippen molar-refractivity contribution in [1.82, 2.24) is 14.2 Å². The number of rotatable bonds is 7. The van der Waals surface area contributed by atoms with Gasteiger partial charge in [0.1, 0.15) is 0 Å². The molecule has 0 radical (unpaired) electrons. The van der Waals surface area contributed by atoms with Crippen LogP contribution >= 0.6 is 0 Å². The topological polar surface area (TPSA) is 84.6 Å². The zero-order valence-electron chi connectivity index (χ0n) is 15.4. The second-order valence-electron chi connectivity index (χ2n) is 6.90. The monoisotopic (exact) mass is 381 g/mol. The molecule has 3 rings (SSSR count). The number of likely N-dealkylation sites (tertiary alicyclic amines) is 1. The molecule has 0 saturated carbocycles. The smallest absolute Gasteiger partial charge is 0.408 e. The van der Waals surface area contributed by atoms with Gasteiger partial charge in [-0.15, -0.1) is 0 Å². The molecular weight excluding hydrogens is 354 g/mol. The van der Waals surface area contributed by atoms with Crippen LogP contribution in [0.3, 0.4) is 0 Å². The van der Waals surface area contributed by atoms with Crippen LogP contribution in [0, 0.1) is 0 Å². The van der Waals surface area contributed by atoms with Gasteiger partial charge in [-0.05, 0) is 50.9 Å². The molecule has 1 atom stereocenters. The van der Waals surface area contributed by atoms with Crippen LogP contribution in [0.4, 0.5) is 0 Å². The summed E-state index contributed by atoms with van der Waals surface area (Å²) in [4.78, 5) is 14.1. The van der Waals surface area contributed by atoms with Crippen LogP contribution < -0.4 is 10.5 Å². The molecule has 2 aromatic rings. The normalized spacial score (nSPS) is 19.2. The fourth-order valence-corrected chi connectivity index (χ4v) is 4.76. The minimum atomic E-state index is -3.62. The number of piperidine rings is 1. The summed E-state index contributed by atoms with van der Waals surface area (Å²) in [5, 5.41) is 0. The standard InChI is InChI=1S/C18H27N3O4S/c1-3-14-7-4-5-11-21(14)12-6-10-19-26(23,24)15-8-9-16-17(13-15)25-18(22)20(16)2/h8-9,13-14,19H,3-7,10-12H2,1-2H3/t14-/m1/s1. The first-order chi connectivity index (χ1) is 12.4. The number of aryl methyl sites for hydroxylation is 1. The highest BCUT2D eigenvalue weighted by Crippen LogP contribution is 2.20. The molecule has 1 aliphatic heterocycles. The summed E-state index contributed by atoms with van der Waals surface area (Å²) in [6, 6.07) is 5.12. The molecule has 1 aromatic carbocycles. The Labute approximate surface area is 154 Å². The van der Waals surface area contributed by atoms with Gasteiger partial charge in [0.15, 0.2) is 5.58 Å². The molecule has 1 fully saturated rings. The predicted molar refractivity (Wildman–Crippen MR) is 101 cm³/mol. The molecule has 1 saturated heterocycles. The van der Waals surface area contributed by atoms with Gasteiger partial charge in [0, 0.05) is 25.7 Å². The Morgan fingerprint density at radius 2 is 2.12 bits per heavy atom. The molecule has 0 spiro atoms. The predicted octanol–water partition coefficient (Wildman–Crippen LogP) is 2.06. The number of sulfonamides is 1. The maximum atomic E-state index is 12.5. The average Bonchev–Trinajstić information content (AvgIpc) is 2.92. The van der Waals surface area contributed by atoms with Gasteiger partial charge in [0.25, 0.3) is 0 Å². The number of benzene rings is 1. The largest absolute Gasteiger partial charge is 0.419 e. The summed E-state index contributed by atoms with van der Waals surface area (Å²) in [5.41, 5.74) is 0.851. The highest BCUT2D eigenvalue weighted by Gasteiger charge is 2.21. The van der Waals surface area contributed by atoms with Crippen LogP contribution in [0.1, 0.15) is 39.0 Å². The van der Waals surface area contributed by atoms with E-state index in [0.29, 0.717) is 18.1 Å². The molecule has 2 heterocycles. The van der Waals surface area contributed by atoms with Gasteiger partial charge >= 0.3 is 5.76 Å². The van der Waals surface area contributed by atoms with E-state index in [1.165, 1.54) is 36.0 Å². The minimum absolute atomic E-state index is 0.115. The van der Waals surface area contributed by atoms with Crippen molar-refractivity contribution in [3.63, 3.8) is 0 Å². The molecule has 1 aliphatic rings. The summed E-state index contributed by atoms with van der Waals surface area (Å²) in [6.07, 6.45) is 5.68. The van der Waals surface area contributed by atoms with E-state index in [9.17, 15) is 13.2 Å². The van der Waals surface area contributed by atoms with E-state index < -0.39 is 15.8 Å². The molecule has 0 unspecified atom stereocenters. The minimum Gasteiger partial charge on any atom is -0.408 e. The molecule has 1 aromatic heterocycles. The molecule has 0 aliphatic carbocycles. The fourth-order valence-electron chi connectivity index (χ4n) is 3.67. The summed E-state index contributed by atoms with van der Waals surface area (Å²) < 4.78 is 34.0. The maximum absolute atomic E-state index is 12.5. The number of fused-ring (bicyclic) bond motifs is 1. The van der Waals surface area contributed by atoms with Gasteiger partial charge in [0.2, 0.25) is 10.0 Å². The van der Waals surface area contributed by atoms with Crippen molar-refractivity contribution in [1.29, 1.82) is 0 Å². The zero-order valence-corrected chi connectivity index (χ0v) is 16.2. The van der Waals surface area contributed by atoms with Crippen molar-refractivity contribution in [2.45, 2.75) is 50.0 Å². The molecule has 0 bridgehead atoms. The Kier molecular flexibility index (Phi) is 5.84. The highest BCUT2D eigenvalue weighted by molar-refractivity contribution is 7.89. The quantitative estimate of drug-likeness (QED) is 0.742. The van der Waals surface area contributed by atoms with Gasteiger partial charge in [-0.2, -0.15) is 0 Å². The first-order valence-corrected chi connectivity index (χ1v) is 10.7. The van der Waals surface area contributed by atoms with Gasteiger partial charge in [-0.1, -0.05) is 13.3 Å². The number of nitrogens with one attached hydrogen (secondary N) is 1. The van der Waals surface area contributed by atoms with E-state index in [4.69, 9.17) is 4.42 Å². The third kappa shape index (κ3) is 4.02. The van der Waals surface area contributed by atoms with E-state index in [1.807, 2.05) is 0 Å². The van der Waals surface area contributed by atoms with Gasteiger partial charge in [-0.25, -0.2) is 17.9 Å². The first-order valence-electron chi connectivity index (χ1n) is 9.25. The second kappa shape index (κ2) is 7.94. The van der Waals surface area contributed by atoms with E-state index in [0.717, 1.165) is 25.9 Å². The molecule has 1 N–H and O–H groups in total. The highest BCUT2D eigenvalue weighted by atomic mass is 32.2. The second-order valence-corrected chi connectivity index (χ2v) is 8.67. The molecular formula is C18H27N3O4S. The van der Waals surface area contributed by atoms with Crippen LogP contribution in [-0.2, 0) is 17.1 Å². The fraction of sp³-hybridized carbons (Fsp3) is 0.611. The number of oxazole rings is 1. The maximum Gasteiger partial charge on any atom is 0.419 e. The summed E-state index contributed by atoms with van der Waals surface area (Å²) in [7, 11) is -2.03. The van der Waals surface area contributed by atoms with Crippen LogP contribution in [0.5, 0.6) is 0 Å². The lowest BCUT2D eigenvalue weighted by atomic mass is 10.00. The van der Waals surface area contributed by atoms with Crippen LogP contribution in [0.2, 0.25) is 0 Å². The van der Waals surface area contributed by atoms with E-state index in [-0.39, 0.29) is 10.5 Å². The summed E-state index contributed by atoms with van der Waals surface area (Å²) >= 11 is 0. The third-order valence-corrected chi connectivity index (χ3v) is 6.67. The van der Waals surface area contributed by atoms with E-state index >= 15 is 0 Å². The Balaban J connectivity index is 1.59. The Morgan fingerprint density at radius 3 is 2.88 bits per heavy atom. The van der Waals surface area contributed by atoms with Crippen LogP contribution in [0.15, 0.2) is 32.3 Å². The molecule has 26 heavy (non-hydrogen) atoms. The number of hydrogen-bond donors (Lipinski definition) is 1. The van der Waals surface area contributed by atoms with E-state index in [1.54, 1.807) is 13.1 Å². The summed E-state index contributed by atoms with van der Waals surface area (Å²) in [5.74, 6) is -0.505. The Morgan fingerprint density at radius 1 is 1.31 bits per heavy atom.